The van der Waals surface area contributed by atoms with E-state index >= 15 is 0 Å². The number of hydrogen-bond donors (Lipinski definition) is 0. The van der Waals surface area contributed by atoms with Crippen molar-refractivity contribution in [2.45, 2.75) is 0 Å². The van der Waals surface area contributed by atoms with E-state index in [0.717, 1.165) is 17.1 Å². The average Bonchev–Trinajstić information content (AvgIpc) is 3.15. The van der Waals surface area contributed by atoms with E-state index in [2.05, 4.69) is 193 Å². The van der Waals surface area contributed by atoms with Crippen LogP contribution in [-0.2, 0) is 0 Å². The van der Waals surface area contributed by atoms with Crippen molar-refractivity contribution in [2.75, 3.05) is 4.90 Å². The van der Waals surface area contributed by atoms with Gasteiger partial charge in [-0.05, 0) is 96.4 Å². The first-order chi connectivity index (χ1) is 23.3. The molecule has 1 heteroatoms. The zero-order chi connectivity index (χ0) is 31.2. The number of fused-ring (bicyclic) bond motifs is 6. The van der Waals surface area contributed by atoms with Crippen molar-refractivity contribution in [3.8, 4) is 22.3 Å². The molecule has 47 heavy (non-hydrogen) atoms. The van der Waals surface area contributed by atoms with Gasteiger partial charge in [-0.1, -0.05) is 152 Å². The first-order valence-electron chi connectivity index (χ1n) is 16.2. The Morgan fingerprint density at radius 2 is 0.702 bits per heavy atom. The summed E-state index contributed by atoms with van der Waals surface area (Å²) in [4.78, 5) is 2.40. The van der Waals surface area contributed by atoms with Crippen LogP contribution in [0.5, 0.6) is 0 Å². The summed E-state index contributed by atoms with van der Waals surface area (Å²) in [6.07, 6.45) is 0. The van der Waals surface area contributed by atoms with E-state index in [4.69, 9.17) is 0 Å². The fourth-order valence-corrected chi connectivity index (χ4v) is 7.06. The van der Waals surface area contributed by atoms with Crippen LogP contribution in [0.25, 0.3) is 65.3 Å². The second-order valence-corrected chi connectivity index (χ2v) is 12.2. The highest BCUT2D eigenvalue weighted by Gasteiger charge is 2.18. The molecule has 0 fully saturated rings. The highest BCUT2D eigenvalue weighted by atomic mass is 15.1. The molecular formula is C46H31N. The molecule has 9 rings (SSSR count). The van der Waals surface area contributed by atoms with E-state index in [9.17, 15) is 0 Å². The normalized spacial score (nSPS) is 11.4. The van der Waals surface area contributed by atoms with E-state index in [0.29, 0.717) is 0 Å². The predicted molar refractivity (Wildman–Crippen MR) is 202 cm³/mol. The van der Waals surface area contributed by atoms with E-state index in [1.807, 2.05) is 0 Å². The van der Waals surface area contributed by atoms with Gasteiger partial charge in [0, 0.05) is 16.8 Å². The van der Waals surface area contributed by atoms with Crippen molar-refractivity contribution < 1.29 is 0 Å². The highest BCUT2D eigenvalue weighted by molar-refractivity contribution is 6.14. The van der Waals surface area contributed by atoms with Crippen LogP contribution in [0.2, 0.25) is 0 Å². The van der Waals surface area contributed by atoms with Crippen LogP contribution in [0, 0.1) is 0 Å². The van der Waals surface area contributed by atoms with Gasteiger partial charge in [-0.15, -0.1) is 0 Å². The van der Waals surface area contributed by atoms with Gasteiger partial charge in [-0.2, -0.15) is 0 Å². The molecule has 220 valence electrons. The molecule has 0 aliphatic rings. The molecule has 0 atom stereocenters. The Balaban J connectivity index is 1.19. The lowest BCUT2D eigenvalue weighted by molar-refractivity contribution is 1.30. The molecule has 0 bridgehead atoms. The van der Waals surface area contributed by atoms with Crippen LogP contribution in [0.4, 0.5) is 17.1 Å². The second-order valence-electron chi connectivity index (χ2n) is 12.2. The SMILES string of the molecule is c1ccc(-c2ccc(N(c3ccc(-c4ccc5ccc6ccccc6c5c4)cc3)c3cc4ccccc4c4ccccc34)cc2)cc1. The van der Waals surface area contributed by atoms with Crippen molar-refractivity contribution >= 4 is 60.2 Å². The van der Waals surface area contributed by atoms with E-state index in [1.165, 1.54) is 65.3 Å². The second kappa shape index (κ2) is 11.3. The zero-order valence-electron chi connectivity index (χ0n) is 25.8. The lowest BCUT2D eigenvalue weighted by atomic mass is 9.96. The average molecular weight is 598 g/mol. The summed E-state index contributed by atoms with van der Waals surface area (Å²) in [5.74, 6) is 0. The molecule has 0 unspecified atom stereocenters. The smallest absolute Gasteiger partial charge is 0.0546 e. The van der Waals surface area contributed by atoms with Crippen molar-refractivity contribution in [1.29, 1.82) is 0 Å². The number of benzene rings is 9. The third kappa shape index (κ3) is 4.81. The van der Waals surface area contributed by atoms with Gasteiger partial charge in [0.1, 0.15) is 0 Å². The Bertz CT molecular complexity index is 2550. The third-order valence-corrected chi connectivity index (χ3v) is 9.43. The van der Waals surface area contributed by atoms with Gasteiger partial charge in [-0.25, -0.2) is 0 Å². The third-order valence-electron chi connectivity index (χ3n) is 9.43. The Labute approximate surface area is 274 Å². The Hall–Kier alpha value is -6.18. The molecule has 0 radical (unpaired) electrons. The standard InChI is InChI=1S/C46H31N/c1-2-10-32(11-3-1)33-22-26-39(27-23-33)47(46-31-38-13-5-7-15-42(38)43-16-8-9-17-44(43)46)40-28-24-34(25-29-40)37-21-20-36-19-18-35-12-4-6-14-41(35)45(36)30-37/h1-31H. The molecule has 0 saturated carbocycles. The first-order valence-corrected chi connectivity index (χ1v) is 16.2. The van der Waals surface area contributed by atoms with Crippen molar-refractivity contribution in [2.24, 2.45) is 0 Å². The highest BCUT2D eigenvalue weighted by Crippen LogP contribution is 2.43. The van der Waals surface area contributed by atoms with Gasteiger partial charge in [-0.3, -0.25) is 0 Å². The molecule has 9 aromatic carbocycles. The fourth-order valence-electron chi connectivity index (χ4n) is 7.06. The quantitative estimate of drug-likeness (QED) is 0.178. The summed E-state index contributed by atoms with van der Waals surface area (Å²) < 4.78 is 0. The van der Waals surface area contributed by atoms with E-state index < -0.39 is 0 Å². The Kier molecular flexibility index (Phi) is 6.54. The summed E-state index contributed by atoms with van der Waals surface area (Å²) in [5.41, 5.74) is 8.24. The van der Waals surface area contributed by atoms with Crippen LogP contribution in [0.1, 0.15) is 0 Å². The molecule has 0 N–H and O–H groups in total. The van der Waals surface area contributed by atoms with Crippen LogP contribution in [0.3, 0.4) is 0 Å². The van der Waals surface area contributed by atoms with Crippen molar-refractivity contribution in [1.82, 2.24) is 0 Å². The van der Waals surface area contributed by atoms with Gasteiger partial charge in [0.2, 0.25) is 0 Å². The largest absolute Gasteiger partial charge is 0.310 e. The van der Waals surface area contributed by atoms with Crippen molar-refractivity contribution in [3.63, 3.8) is 0 Å². The van der Waals surface area contributed by atoms with E-state index in [-0.39, 0.29) is 0 Å². The van der Waals surface area contributed by atoms with Gasteiger partial charge < -0.3 is 4.90 Å². The van der Waals surface area contributed by atoms with Crippen LogP contribution in [0.15, 0.2) is 188 Å². The van der Waals surface area contributed by atoms with Crippen LogP contribution in [-0.4, -0.2) is 0 Å². The summed E-state index contributed by atoms with van der Waals surface area (Å²) in [6, 6.07) is 68.3. The lowest BCUT2D eigenvalue weighted by Gasteiger charge is -2.28. The molecule has 0 spiro atoms. The monoisotopic (exact) mass is 597 g/mol. The molecular weight excluding hydrogens is 567 g/mol. The zero-order valence-corrected chi connectivity index (χ0v) is 25.8. The molecule has 0 amide bonds. The van der Waals surface area contributed by atoms with E-state index in [1.54, 1.807) is 0 Å². The van der Waals surface area contributed by atoms with Gasteiger partial charge in [0.05, 0.1) is 5.69 Å². The fraction of sp³-hybridized carbons (Fsp3) is 0. The summed E-state index contributed by atoms with van der Waals surface area (Å²) in [5, 5.41) is 10.1. The lowest BCUT2D eigenvalue weighted by Crippen LogP contribution is -2.10. The maximum atomic E-state index is 2.40. The van der Waals surface area contributed by atoms with Gasteiger partial charge >= 0.3 is 0 Å². The van der Waals surface area contributed by atoms with Crippen LogP contribution < -0.4 is 4.90 Å². The first kappa shape index (κ1) is 27.2. The number of hydrogen-bond acceptors (Lipinski definition) is 1. The predicted octanol–water partition coefficient (Wildman–Crippen LogP) is 13.1. The summed E-state index contributed by atoms with van der Waals surface area (Å²) in [7, 11) is 0. The van der Waals surface area contributed by atoms with Gasteiger partial charge in [0.25, 0.3) is 0 Å². The minimum Gasteiger partial charge on any atom is -0.310 e. The molecule has 0 aromatic heterocycles. The topological polar surface area (TPSA) is 3.24 Å². The van der Waals surface area contributed by atoms with Crippen molar-refractivity contribution in [3.05, 3.63) is 188 Å². The minimum atomic E-state index is 1.12. The maximum Gasteiger partial charge on any atom is 0.0546 e. The summed E-state index contributed by atoms with van der Waals surface area (Å²) in [6.45, 7) is 0. The van der Waals surface area contributed by atoms with Crippen LogP contribution >= 0.6 is 0 Å². The molecule has 0 aliphatic carbocycles. The molecule has 0 aliphatic heterocycles. The number of nitrogens with zero attached hydrogens (tertiary/aromatic N) is 1. The van der Waals surface area contributed by atoms with Gasteiger partial charge in [0.15, 0.2) is 0 Å². The molecule has 1 nitrogen and oxygen atoms in total. The number of rotatable bonds is 5. The minimum absolute atomic E-state index is 1.12. The molecule has 0 saturated heterocycles. The number of anilines is 3. The molecule has 9 aromatic rings. The molecule has 0 heterocycles. The Morgan fingerprint density at radius 1 is 0.255 bits per heavy atom. The maximum absolute atomic E-state index is 2.40. The summed E-state index contributed by atoms with van der Waals surface area (Å²) >= 11 is 0. The Morgan fingerprint density at radius 3 is 1.38 bits per heavy atom.